The van der Waals surface area contributed by atoms with E-state index in [1.54, 1.807) is 20.8 Å². The second kappa shape index (κ2) is 6.98. The molecule has 1 atom stereocenters. The van der Waals surface area contributed by atoms with Crippen molar-refractivity contribution in [2.75, 3.05) is 0 Å². The van der Waals surface area contributed by atoms with Crippen LogP contribution in [0.5, 0.6) is 0 Å². The molecule has 1 aromatic carbocycles. The number of ether oxygens (including phenoxy) is 1. The summed E-state index contributed by atoms with van der Waals surface area (Å²) in [6, 6.07) is 3.72. The van der Waals surface area contributed by atoms with Gasteiger partial charge in [0, 0.05) is 10.0 Å². The van der Waals surface area contributed by atoms with E-state index in [0.29, 0.717) is 4.47 Å². The Kier molecular flexibility index (Phi) is 5.95. The molecule has 0 aliphatic rings. The number of carbonyl (C=O) groups excluding carboxylic acids is 2. The number of halogens is 1. The zero-order valence-electron chi connectivity index (χ0n) is 13.2. The Morgan fingerprint density at radius 3 is 2.35 bits per heavy atom. The Balaban J connectivity index is 2.96. The first kappa shape index (κ1) is 19.6. The Morgan fingerprint density at radius 1 is 1.30 bits per heavy atom. The highest BCUT2D eigenvalue weighted by molar-refractivity contribution is 9.10. The molecule has 1 rings (SSSR count). The van der Waals surface area contributed by atoms with Crippen LogP contribution in [-0.2, 0) is 19.6 Å². The molecule has 0 bridgehead atoms. The second-order valence-corrected chi connectivity index (χ2v) is 8.39. The molecule has 9 heteroatoms. The highest BCUT2D eigenvalue weighted by atomic mass is 79.9. The smallest absolute Gasteiger partial charge is 0.340 e. The molecule has 23 heavy (non-hydrogen) atoms. The maximum atomic E-state index is 12.2. The number of carbonyl (C=O) groups is 2. The van der Waals surface area contributed by atoms with Crippen molar-refractivity contribution in [3.63, 3.8) is 0 Å². The molecule has 0 aliphatic carbocycles. The number of esters is 1. The van der Waals surface area contributed by atoms with Gasteiger partial charge in [-0.15, -0.1) is 0 Å². The van der Waals surface area contributed by atoms with Gasteiger partial charge in [-0.25, -0.2) is 18.4 Å². The molecule has 128 valence electrons. The monoisotopic (exact) mass is 406 g/mol. The van der Waals surface area contributed by atoms with Crippen LogP contribution in [0.1, 0.15) is 38.1 Å². The van der Waals surface area contributed by atoms with Crippen molar-refractivity contribution in [1.29, 1.82) is 0 Å². The molecule has 0 spiro atoms. The van der Waals surface area contributed by atoms with Gasteiger partial charge in [-0.05, 0) is 61.8 Å². The fraction of sp³-hybridized carbons (Fsp3) is 0.429. The highest BCUT2D eigenvalue weighted by Crippen LogP contribution is 2.22. The first-order valence-corrected chi connectivity index (χ1v) is 9.00. The van der Waals surface area contributed by atoms with Crippen molar-refractivity contribution >= 4 is 37.8 Å². The van der Waals surface area contributed by atoms with Crippen LogP contribution >= 0.6 is 15.9 Å². The molecule has 0 saturated heterocycles. The second-order valence-electron chi connectivity index (χ2n) is 5.97. The Labute approximate surface area is 143 Å². The summed E-state index contributed by atoms with van der Waals surface area (Å²) in [4.78, 5) is 23.9. The van der Waals surface area contributed by atoms with E-state index in [1.165, 1.54) is 19.1 Å². The Bertz CT molecular complexity index is 725. The number of benzene rings is 1. The fourth-order valence-electron chi connectivity index (χ4n) is 1.59. The number of rotatable bonds is 4. The third-order valence-corrected chi connectivity index (χ3v) is 4.24. The van der Waals surface area contributed by atoms with E-state index < -0.39 is 33.5 Å². The van der Waals surface area contributed by atoms with Crippen molar-refractivity contribution in [3.05, 3.63) is 28.2 Å². The van der Waals surface area contributed by atoms with Crippen LogP contribution in [-0.4, -0.2) is 31.9 Å². The summed E-state index contributed by atoms with van der Waals surface area (Å²) in [5.74, 6) is -1.29. The maximum Gasteiger partial charge on any atom is 0.340 e. The van der Waals surface area contributed by atoms with Crippen LogP contribution in [0.25, 0.3) is 0 Å². The molecule has 7 nitrogen and oxygen atoms in total. The minimum absolute atomic E-state index is 0.0352. The Morgan fingerprint density at radius 2 is 1.87 bits per heavy atom. The number of sulfonamides is 1. The average molecular weight is 407 g/mol. The lowest BCUT2D eigenvalue weighted by atomic mass is 10.1. The molecule has 3 N–H and O–H groups in total. The molecule has 0 fully saturated rings. The third kappa shape index (κ3) is 5.92. The van der Waals surface area contributed by atoms with Crippen molar-refractivity contribution < 1.29 is 22.7 Å². The van der Waals surface area contributed by atoms with Gasteiger partial charge in [-0.2, -0.15) is 0 Å². The van der Waals surface area contributed by atoms with E-state index in [-0.39, 0.29) is 10.5 Å². The SMILES string of the molecule is C[C@@H](OC(=O)c1cc(S(N)(=O)=O)ccc1Br)C(=O)NC(C)(C)C. The van der Waals surface area contributed by atoms with Gasteiger partial charge in [0.15, 0.2) is 6.10 Å². The zero-order valence-corrected chi connectivity index (χ0v) is 15.6. The summed E-state index contributed by atoms with van der Waals surface area (Å²) in [6.07, 6.45) is -1.04. The predicted molar refractivity (Wildman–Crippen MR) is 88.3 cm³/mol. The first-order chi connectivity index (χ1) is 10.3. The molecular formula is C14H19BrN2O5S. The van der Waals surface area contributed by atoms with Crippen LogP contribution in [0, 0.1) is 0 Å². The van der Waals surface area contributed by atoms with Gasteiger partial charge in [0.1, 0.15) is 0 Å². The van der Waals surface area contributed by atoms with Crippen molar-refractivity contribution in [1.82, 2.24) is 5.32 Å². The third-order valence-electron chi connectivity index (χ3n) is 2.64. The standard InChI is InChI=1S/C14H19BrN2O5S/c1-8(12(18)17-14(2,3)4)22-13(19)10-7-9(23(16,20)21)5-6-11(10)15/h5-8H,1-4H3,(H,17,18)(H2,16,20,21)/t8-/m1/s1. The average Bonchev–Trinajstić information content (AvgIpc) is 2.35. The van der Waals surface area contributed by atoms with Crippen LogP contribution in [0.2, 0.25) is 0 Å². The van der Waals surface area contributed by atoms with Crippen molar-refractivity contribution in [3.8, 4) is 0 Å². The maximum absolute atomic E-state index is 12.2. The summed E-state index contributed by atoms with van der Waals surface area (Å²) >= 11 is 3.14. The minimum atomic E-state index is -3.95. The predicted octanol–water partition coefficient (Wildman–Crippen LogP) is 1.56. The fourth-order valence-corrected chi connectivity index (χ4v) is 2.53. The molecule has 0 aliphatic heterocycles. The number of hydrogen-bond donors (Lipinski definition) is 2. The van der Waals surface area contributed by atoms with Crippen molar-refractivity contribution in [2.45, 2.75) is 44.2 Å². The van der Waals surface area contributed by atoms with Crippen LogP contribution in [0.15, 0.2) is 27.6 Å². The summed E-state index contributed by atoms with van der Waals surface area (Å²) in [6.45, 7) is 6.82. The van der Waals surface area contributed by atoms with Crippen LogP contribution < -0.4 is 10.5 Å². The number of amides is 1. The van der Waals surface area contributed by atoms with Crippen molar-refractivity contribution in [2.24, 2.45) is 5.14 Å². The van der Waals surface area contributed by atoms with Gasteiger partial charge in [0.05, 0.1) is 10.5 Å². The largest absolute Gasteiger partial charge is 0.449 e. The topological polar surface area (TPSA) is 116 Å². The Hall–Kier alpha value is -1.45. The van der Waals surface area contributed by atoms with E-state index >= 15 is 0 Å². The molecule has 1 aromatic rings. The number of primary sulfonamides is 1. The van der Waals surface area contributed by atoms with Crippen LogP contribution in [0.4, 0.5) is 0 Å². The van der Waals surface area contributed by atoms with E-state index in [4.69, 9.17) is 9.88 Å². The van der Waals surface area contributed by atoms with Gasteiger partial charge in [0.25, 0.3) is 5.91 Å². The van der Waals surface area contributed by atoms with Gasteiger partial charge < -0.3 is 10.1 Å². The lowest BCUT2D eigenvalue weighted by Gasteiger charge is -2.23. The zero-order chi connectivity index (χ0) is 18.0. The molecule has 0 aromatic heterocycles. The molecular weight excluding hydrogens is 388 g/mol. The molecule has 0 saturated carbocycles. The van der Waals surface area contributed by atoms with Gasteiger partial charge in [-0.3, -0.25) is 4.79 Å². The first-order valence-electron chi connectivity index (χ1n) is 6.66. The van der Waals surface area contributed by atoms with Crippen LogP contribution in [0.3, 0.4) is 0 Å². The summed E-state index contributed by atoms with van der Waals surface area (Å²) in [7, 11) is -3.95. The summed E-state index contributed by atoms with van der Waals surface area (Å²) < 4.78 is 28.1. The quantitative estimate of drug-likeness (QED) is 0.735. The molecule has 0 unspecified atom stereocenters. The minimum Gasteiger partial charge on any atom is -0.449 e. The number of nitrogens with two attached hydrogens (primary N) is 1. The highest BCUT2D eigenvalue weighted by Gasteiger charge is 2.24. The lowest BCUT2D eigenvalue weighted by molar-refractivity contribution is -0.130. The molecule has 0 radical (unpaired) electrons. The number of hydrogen-bond acceptors (Lipinski definition) is 5. The summed E-state index contributed by atoms with van der Waals surface area (Å²) in [5.41, 5.74) is -0.502. The van der Waals surface area contributed by atoms with E-state index in [9.17, 15) is 18.0 Å². The van der Waals surface area contributed by atoms with E-state index in [0.717, 1.165) is 6.07 Å². The number of nitrogens with one attached hydrogen (secondary N) is 1. The van der Waals surface area contributed by atoms with E-state index in [2.05, 4.69) is 21.2 Å². The normalized spacial score (nSPS) is 13.3. The van der Waals surface area contributed by atoms with Gasteiger partial charge in [-0.1, -0.05) is 0 Å². The lowest BCUT2D eigenvalue weighted by Crippen LogP contribution is -2.46. The molecule has 0 heterocycles. The van der Waals surface area contributed by atoms with Gasteiger partial charge >= 0.3 is 5.97 Å². The molecule has 1 amide bonds. The van der Waals surface area contributed by atoms with E-state index in [1.807, 2.05) is 0 Å². The summed E-state index contributed by atoms with van der Waals surface area (Å²) in [5, 5.41) is 7.72. The van der Waals surface area contributed by atoms with Gasteiger partial charge in [0.2, 0.25) is 10.0 Å².